The Bertz CT molecular complexity index is 1170. The van der Waals surface area contributed by atoms with E-state index in [2.05, 4.69) is 54.5 Å². The van der Waals surface area contributed by atoms with Crippen molar-refractivity contribution in [1.82, 2.24) is 14.9 Å². The number of benzene rings is 1. The molecule has 0 radical (unpaired) electrons. The van der Waals surface area contributed by atoms with Gasteiger partial charge < -0.3 is 14.5 Å². The van der Waals surface area contributed by atoms with E-state index in [0.29, 0.717) is 24.9 Å². The average molecular weight is 477 g/mol. The minimum absolute atomic E-state index is 0.0880. The van der Waals surface area contributed by atoms with Crippen molar-refractivity contribution >= 4 is 33.3 Å². The number of hydrogen-bond donors (Lipinski definition) is 0. The molecule has 0 bridgehead atoms. The van der Waals surface area contributed by atoms with Crippen molar-refractivity contribution in [1.29, 1.82) is 0 Å². The molecule has 4 heterocycles. The van der Waals surface area contributed by atoms with Gasteiger partial charge in [-0.1, -0.05) is 30.3 Å². The summed E-state index contributed by atoms with van der Waals surface area (Å²) in [5, 5.41) is 3.40. The van der Waals surface area contributed by atoms with Crippen molar-refractivity contribution in [3.8, 4) is 11.1 Å². The third kappa shape index (κ3) is 4.20. The summed E-state index contributed by atoms with van der Waals surface area (Å²) in [6.07, 6.45) is 4.34. The zero-order valence-corrected chi connectivity index (χ0v) is 20.8. The van der Waals surface area contributed by atoms with Crippen LogP contribution in [0.3, 0.4) is 0 Å². The van der Waals surface area contributed by atoms with Crippen molar-refractivity contribution in [2.75, 3.05) is 31.1 Å². The highest BCUT2D eigenvalue weighted by atomic mass is 32.1. The molecule has 7 heteroatoms. The molecular weight excluding hydrogens is 444 g/mol. The molecule has 2 atom stereocenters. The molecule has 3 aliphatic rings. The van der Waals surface area contributed by atoms with Crippen LogP contribution >= 0.6 is 11.3 Å². The van der Waals surface area contributed by atoms with Crippen LogP contribution in [0.1, 0.15) is 51.3 Å². The number of carbonyl (C=O) groups is 1. The van der Waals surface area contributed by atoms with Crippen LogP contribution in [0, 0.1) is 5.92 Å². The fourth-order valence-corrected chi connectivity index (χ4v) is 6.43. The summed E-state index contributed by atoms with van der Waals surface area (Å²) in [7, 11) is 0. The molecule has 3 fully saturated rings. The van der Waals surface area contributed by atoms with Gasteiger partial charge in [-0.2, -0.15) is 0 Å². The van der Waals surface area contributed by atoms with E-state index in [1.165, 1.54) is 29.4 Å². The minimum atomic E-state index is 0.0880. The van der Waals surface area contributed by atoms with Crippen molar-refractivity contribution in [2.45, 2.75) is 57.7 Å². The van der Waals surface area contributed by atoms with Gasteiger partial charge >= 0.3 is 0 Å². The number of aromatic nitrogens is 2. The van der Waals surface area contributed by atoms with Crippen LogP contribution in [0.4, 0.5) is 5.82 Å². The standard InChI is InChI=1S/C27H32N4O2S/c1-17-14-31(15-18(2)33-17)27(32)21-10-12-30(13-11-21)25-23-22(19-6-4-3-5-7-19)16-34-26(23)29-24(28-25)20-8-9-20/h3-7,16-18,20-21H,8-15H2,1-2H3. The molecule has 3 aromatic rings. The lowest BCUT2D eigenvalue weighted by molar-refractivity contribution is -0.148. The first kappa shape index (κ1) is 22.0. The number of ether oxygens (including phenoxy) is 1. The summed E-state index contributed by atoms with van der Waals surface area (Å²) in [4.78, 5) is 28.9. The van der Waals surface area contributed by atoms with E-state index in [1.807, 2.05) is 4.90 Å². The Morgan fingerprint density at radius 3 is 2.38 bits per heavy atom. The van der Waals surface area contributed by atoms with Gasteiger partial charge in [0.25, 0.3) is 0 Å². The number of morpholine rings is 1. The second-order valence-corrected chi connectivity index (χ2v) is 11.0. The largest absolute Gasteiger partial charge is 0.372 e. The van der Waals surface area contributed by atoms with Gasteiger partial charge in [0.1, 0.15) is 16.5 Å². The van der Waals surface area contributed by atoms with Gasteiger partial charge in [-0.25, -0.2) is 9.97 Å². The molecule has 6 rings (SSSR count). The second-order valence-electron chi connectivity index (χ2n) is 10.1. The van der Waals surface area contributed by atoms with Crippen molar-refractivity contribution in [3.63, 3.8) is 0 Å². The van der Waals surface area contributed by atoms with E-state index in [-0.39, 0.29) is 18.1 Å². The molecule has 178 valence electrons. The predicted molar refractivity (Wildman–Crippen MR) is 136 cm³/mol. The molecule has 34 heavy (non-hydrogen) atoms. The van der Waals surface area contributed by atoms with Gasteiger partial charge in [0.2, 0.25) is 5.91 Å². The third-order valence-corrected chi connectivity index (χ3v) is 8.21. The van der Waals surface area contributed by atoms with E-state index >= 15 is 0 Å². The van der Waals surface area contributed by atoms with E-state index in [1.54, 1.807) is 11.3 Å². The average Bonchev–Trinajstić information content (AvgIpc) is 3.62. The van der Waals surface area contributed by atoms with Crippen LogP contribution < -0.4 is 4.90 Å². The number of nitrogens with zero attached hydrogens (tertiary/aromatic N) is 4. The Hall–Kier alpha value is -2.51. The number of amides is 1. The molecule has 0 spiro atoms. The van der Waals surface area contributed by atoms with Crippen molar-refractivity contribution in [2.24, 2.45) is 5.92 Å². The normalized spacial score (nSPS) is 24.1. The van der Waals surface area contributed by atoms with E-state index in [0.717, 1.165) is 42.4 Å². The first-order chi connectivity index (χ1) is 16.6. The summed E-state index contributed by atoms with van der Waals surface area (Å²) in [5.74, 6) is 2.96. The number of hydrogen-bond acceptors (Lipinski definition) is 6. The maximum atomic E-state index is 13.3. The lowest BCUT2D eigenvalue weighted by Gasteiger charge is -2.39. The molecule has 1 aromatic carbocycles. The Morgan fingerprint density at radius 2 is 1.71 bits per heavy atom. The number of rotatable bonds is 4. The highest BCUT2D eigenvalue weighted by molar-refractivity contribution is 7.17. The van der Waals surface area contributed by atoms with Gasteiger partial charge in [0.05, 0.1) is 17.6 Å². The summed E-state index contributed by atoms with van der Waals surface area (Å²) >= 11 is 1.72. The van der Waals surface area contributed by atoms with Crippen LogP contribution in [0.15, 0.2) is 35.7 Å². The van der Waals surface area contributed by atoms with Crippen LogP contribution in [0.5, 0.6) is 0 Å². The van der Waals surface area contributed by atoms with E-state index in [9.17, 15) is 4.79 Å². The second kappa shape index (κ2) is 8.93. The summed E-state index contributed by atoms with van der Waals surface area (Å²) in [5.41, 5.74) is 2.42. The molecule has 2 aliphatic heterocycles. The molecule has 1 aliphatic carbocycles. The first-order valence-electron chi connectivity index (χ1n) is 12.6. The predicted octanol–water partition coefficient (Wildman–Crippen LogP) is 5.09. The zero-order chi connectivity index (χ0) is 23.2. The number of piperidine rings is 1. The maximum Gasteiger partial charge on any atom is 0.225 e. The van der Waals surface area contributed by atoms with Crippen LogP contribution in [0.2, 0.25) is 0 Å². The Kier molecular flexibility index (Phi) is 5.77. The van der Waals surface area contributed by atoms with Crippen molar-refractivity contribution in [3.05, 3.63) is 41.5 Å². The van der Waals surface area contributed by atoms with Gasteiger partial charge in [-0.15, -0.1) is 11.3 Å². The monoisotopic (exact) mass is 476 g/mol. The summed E-state index contributed by atoms with van der Waals surface area (Å²) in [6, 6.07) is 10.5. The minimum Gasteiger partial charge on any atom is -0.372 e. The van der Waals surface area contributed by atoms with Gasteiger partial charge in [-0.05, 0) is 45.1 Å². The van der Waals surface area contributed by atoms with Crippen LogP contribution in [0.25, 0.3) is 21.3 Å². The quantitative estimate of drug-likeness (QED) is 0.525. The van der Waals surface area contributed by atoms with Crippen LogP contribution in [-0.4, -0.2) is 59.2 Å². The maximum absolute atomic E-state index is 13.3. The van der Waals surface area contributed by atoms with E-state index < -0.39 is 0 Å². The smallest absolute Gasteiger partial charge is 0.225 e. The molecule has 2 saturated heterocycles. The van der Waals surface area contributed by atoms with Crippen LogP contribution in [-0.2, 0) is 9.53 Å². The fourth-order valence-electron chi connectivity index (χ4n) is 5.48. The molecule has 0 N–H and O–H groups in total. The van der Waals surface area contributed by atoms with E-state index in [4.69, 9.17) is 14.7 Å². The highest BCUT2D eigenvalue weighted by Crippen LogP contribution is 2.44. The number of fused-ring (bicyclic) bond motifs is 1. The molecule has 6 nitrogen and oxygen atoms in total. The number of carbonyl (C=O) groups excluding carboxylic acids is 1. The summed E-state index contributed by atoms with van der Waals surface area (Å²) in [6.45, 7) is 7.23. The molecular formula is C27H32N4O2S. The molecule has 2 unspecified atom stereocenters. The molecule has 2 aromatic heterocycles. The first-order valence-corrected chi connectivity index (χ1v) is 13.5. The molecule has 1 saturated carbocycles. The fraction of sp³-hybridized carbons (Fsp3) is 0.519. The third-order valence-electron chi connectivity index (χ3n) is 7.33. The zero-order valence-electron chi connectivity index (χ0n) is 19.9. The number of anilines is 1. The SMILES string of the molecule is CC1CN(C(=O)C2CCN(c3nc(C4CC4)nc4scc(-c5ccccc5)c34)CC2)CC(C)O1. The highest BCUT2D eigenvalue weighted by Gasteiger charge is 2.34. The van der Waals surface area contributed by atoms with Gasteiger partial charge in [0.15, 0.2) is 0 Å². The molecule has 1 amide bonds. The Balaban J connectivity index is 1.27. The van der Waals surface area contributed by atoms with Crippen molar-refractivity contribution < 1.29 is 9.53 Å². The Labute approximate surface area is 205 Å². The number of thiophene rings is 1. The summed E-state index contributed by atoms with van der Waals surface area (Å²) < 4.78 is 5.83. The van der Waals surface area contributed by atoms with Gasteiger partial charge in [0, 0.05) is 49.0 Å². The lowest BCUT2D eigenvalue weighted by Crippen LogP contribution is -2.51. The lowest BCUT2D eigenvalue weighted by atomic mass is 9.94. The topological polar surface area (TPSA) is 58.6 Å². The Morgan fingerprint density at radius 1 is 1.00 bits per heavy atom. The van der Waals surface area contributed by atoms with Gasteiger partial charge in [-0.3, -0.25) is 4.79 Å².